The SMILES string of the molecule is CCN(Cc1ccccc1)c1snc(N)c1C(N)=O. The van der Waals surface area contributed by atoms with E-state index in [1.807, 2.05) is 42.2 Å². The number of carbonyl (C=O) groups is 1. The van der Waals surface area contributed by atoms with Gasteiger partial charge in [-0.05, 0) is 24.0 Å². The van der Waals surface area contributed by atoms with Crippen LogP contribution in [-0.4, -0.2) is 16.8 Å². The zero-order valence-corrected chi connectivity index (χ0v) is 11.5. The maximum absolute atomic E-state index is 11.5. The molecule has 100 valence electrons. The minimum Gasteiger partial charge on any atom is -0.382 e. The molecule has 1 aromatic carbocycles. The molecule has 0 atom stereocenters. The fourth-order valence-corrected chi connectivity index (χ4v) is 2.75. The van der Waals surface area contributed by atoms with Crippen molar-refractivity contribution >= 4 is 28.3 Å². The Hall–Kier alpha value is -2.08. The first kappa shape index (κ1) is 13.4. The highest BCUT2D eigenvalue weighted by molar-refractivity contribution is 7.11. The molecule has 0 radical (unpaired) electrons. The molecule has 19 heavy (non-hydrogen) atoms. The molecule has 6 heteroatoms. The number of anilines is 2. The third-order valence-corrected chi connectivity index (χ3v) is 3.76. The first-order valence-corrected chi connectivity index (χ1v) is 6.74. The van der Waals surface area contributed by atoms with Gasteiger partial charge >= 0.3 is 0 Å². The molecule has 0 spiro atoms. The summed E-state index contributed by atoms with van der Waals surface area (Å²) in [6.45, 7) is 3.46. The molecule has 2 aromatic rings. The van der Waals surface area contributed by atoms with Crippen LogP contribution in [0.15, 0.2) is 30.3 Å². The number of aromatic nitrogens is 1. The standard InChI is InChI=1S/C13H16N4OS/c1-2-17(8-9-6-4-3-5-7-9)13-10(12(15)18)11(14)16-19-13/h3-7H,2,8H2,1H3,(H2,14,16)(H2,15,18). The van der Waals surface area contributed by atoms with E-state index >= 15 is 0 Å². The van der Waals surface area contributed by atoms with Gasteiger partial charge in [-0.3, -0.25) is 4.79 Å². The van der Waals surface area contributed by atoms with Crippen LogP contribution in [0.3, 0.4) is 0 Å². The molecule has 0 saturated carbocycles. The number of nitrogens with zero attached hydrogens (tertiary/aromatic N) is 2. The van der Waals surface area contributed by atoms with E-state index in [9.17, 15) is 4.79 Å². The van der Waals surface area contributed by atoms with Gasteiger partial charge in [-0.1, -0.05) is 30.3 Å². The molecule has 0 unspecified atom stereocenters. The molecule has 1 amide bonds. The number of hydrogen-bond donors (Lipinski definition) is 2. The van der Waals surface area contributed by atoms with Crippen LogP contribution < -0.4 is 16.4 Å². The smallest absolute Gasteiger partial charge is 0.255 e. The van der Waals surface area contributed by atoms with Crippen LogP contribution in [0.25, 0.3) is 0 Å². The van der Waals surface area contributed by atoms with Gasteiger partial charge in [0.15, 0.2) is 5.82 Å². The van der Waals surface area contributed by atoms with Gasteiger partial charge < -0.3 is 16.4 Å². The number of benzene rings is 1. The van der Waals surface area contributed by atoms with Gasteiger partial charge in [0.05, 0.1) is 0 Å². The van der Waals surface area contributed by atoms with Crippen molar-refractivity contribution in [2.24, 2.45) is 5.73 Å². The summed E-state index contributed by atoms with van der Waals surface area (Å²) in [7, 11) is 0. The Morgan fingerprint density at radius 3 is 2.63 bits per heavy atom. The molecule has 0 aliphatic heterocycles. The van der Waals surface area contributed by atoms with E-state index < -0.39 is 5.91 Å². The first-order chi connectivity index (χ1) is 9.13. The summed E-state index contributed by atoms with van der Waals surface area (Å²) < 4.78 is 4.03. The quantitative estimate of drug-likeness (QED) is 0.872. The van der Waals surface area contributed by atoms with Gasteiger partial charge in [0.2, 0.25) is 0 Å². The van der Waals surface area contributed by atoms with Crippen LogP contribution in [0.4, 0.5) is 10.8 Å². The van der Waals surface area contributed by atoms with Crippen molar-refractivity contribution in [3.05, 3.63) is 41.5 Å². The van der Waals surface area contributed by atoms with E-state index in [-0.39, 0.29) is 5.82 Å². The van der Waals surface area contributed by atoms with Gasteiger partial charge in [0.25, 0.3) is 5.91 Å². The van der Waals surface area contributed by atoms with Crippen molar-refractivity contribution in [1.82, 2.24) is 4.37 Å². The molecule has 0 saturated heterocycles. The fourth-order valence-electron chi connectivity index (χ4n) is 1.87. The molecular weight excluding hydrogens is 260 g/mol. The Balaban J connectivity index is 2.30. The lowest BCUT2D eigenvalue weighted by molar-refractivity contribution is 0.100. The topological polar surface area (TPSA) is 85.2 Å². The summed E-state index contributed by atoms with van der Waals surface area (Å²) in [6.07, 6.45) is 0. The summed E-state index contributed by atoms with van der Waals surface area (Å²) in [4.78, 5) is 13.5. The normalized spacial score (nSPS) is 10.4. The highest BCUT2D eigenvalue weighted by Gasteiger charge is 2.21. The van der Waals surface area contributed by atoms with E-state index in [0.717, 1.165) is 17.1 Å². The van der Waals surface area contributed by atoms with E-state index in [2.05, 4.69) is 4.37 Å². The summed E-state index contributed by atoms with van der Waals surface area (Å²) >= 11 is 1.21. The minimum atomic E-state index is -0.534. The van der Waals surface area contributed by atoms with Crippen molar-refractivity contribution in [1.29, 1.82) is 0 Å². The summed E-state index contributed by atoms with van der Waals surface area (Å²) in [5.41, 5.74) is 12.5. The Morgan fingerprint density at radius 2 is 2.05 bits per heavy atom. The zero-order valence-electron chi connectivity index (χ0n) is 10.7. The predicted molar refractivity (Wildman–Crippen MR) is 78.2 cm³/mol. The highest BCUT2D eigenvalue weighted by Crippen LogP contribution is 2.31. The monoisotopic (exact) mass is 276 g/mol. The average Bonchev–Trinajstić information content (AvgIpc) is 2.79. The molecule has 4 N–H and O–H groups in total. The van der Waals surface area contributed by atoms with E-state index in [1.165, 1.54) is 11.5 Å². The number of hydrogen-bond acceptors (Lipinski definition) is 5. The Kier molecular flexibility index (Phi) is 4.01. The van der Waals surface area contributed by atoms with Crippen molar-refractivity contribution in [2.45, 2.75) is 13.5 Å². The molecular formula is C13H16N4OS. The second-order valence-electron chi connectivity index (χ2n) is 4.11. The Labute approximate surface area is 116 Å². The van der Waals surface area contributed by atoms with Crippen LogP contribution in [0.5, 0.6) is 0 Å². The van der Waals surface area contributed by atoms with Crippen LogP contribution in [-0.2, 0) is 6.54 Å². The Bertz CT molecular complexity index is 567. The molecule has 2 rings (SSSR count). The van der Waals surface area contributed by atoms with E-state index in [0.29, 0.717) is 12.1 Å². The van der Waals surface area contributed by atoms with Crippen LogP contribution >= 0.6 is 11.5 Å². The second kappa shape index (κ2) is 5.71. The van der Waals surface area contributed by atoms with Gasteiger partial charge in [-0.25, -0.2) is 0 Å². The highest BCUT2D eigenvalue weighted by atomic mass is 32.1. The fraction of sp³-hybridized carbons (Fsp3) is 0.231. The van der Waals surface area contributed by atoms with E-state index in [1.54, 1.807) is 0 Å². The predicted octanol–water partition coefficient (Wildman–Crippen LogP) is 1.85. The maximum atomic E-state index is 11.5. The number of nitrogen functional groups attached to an aromatic ring is 1. The van der Waals surface area contributed by atoms with Crippen molar-refractivity contribution in [2.75, 3.05) is 17.2 Å². The molecule has 5 nitrogen and oxygen atoms in total. The number of primary amides is 1. The van der Waals surface area contributed by atoms with Crippen LogP contribution in [0.2, 0.25) is 0 Å². The van der Waals surface area contributed by atoms with Crippen LogP contribution in [0, 0.1) is 0 Å². The van der Waals surface area contributed by atoms with Gasteiger partial charge in [0.1, 0.15) is 10.6 Å². The second-order valence-corrected chi connectivity index (χ2v) is 4.86. The third kappa shape index (κ3) is 2.85. The average molecular weight is 276 g/mol. The molecule has 0 aliphatic carbocycles. The first-order valence-electron chi connectivity index (χ1n) is 5.97. The lowest BCUT2D eigenvalue weighted by Crippen LogP contribution is -2.24. The van der Waals surface area contributed by atoms with Gasteiger partial charge in [-0.15, -0.1) is 0 Å². The van der Waals surface area contributed by atoms with Crippen molar-refractivity contribution in [3.63, 3.8) is 0 Å². The minimum absolute atomic E-state index is 0.207. The summed E-state index contributed by atoms with van der Waals surface area (Å²) in [6, 6.07) is 10.0. The third-order valence-electron chi connectivity index (χ3n) is 2.83. The molecule has 1 aromatic heterocycles. The largest absolute Gasteiger partial charge is 0.382 e. The molecule has 0 aliphatic rings. The lowest BCUT2D eigenvalue weighted by Gasteiger charge is -2.21. The van der Waals surface area contributed by atoms with E-state index in [4.69, 9.17) is 11.5 Å². The van der Waals surface area contributed by atoms with Crippen molar-refractivity contribution in [3.8, 4) is 0 Å². The van der Waals surface area contributed by atoms with Gasteiger partial charge in [0, 0.05) is 13.1 Å². The maximum Gasteiger partial charge on any atom is 0.255 e. The zero-order chi connectivity index (χ0) is 13.8. The lowest BCUT2D eigenvalue weighted by atomic mass is 10.2. The van der Waals surface area contributed by atoms with Gasteiger partial charge in [-0.2, -0.15) is 4.37 Å². The molecule has 0 fully saturated rings. The summed E-state index contributed by atoms with van der Waals surface area (Å²) in [5.74, 6) is -0.327. The Morgan fingerprint density at radius 1 is 1.37 bits per heavy atom. The number of amides is 1. The van der Waals surface area contributed by atoms with Crippen LogP contribution in [0.1, 0.15) is 22.8 Å². The number of carbonyl (C=O) groups excluding carboxylic acids is 1. The number of rotatable bonds is 5. The molecule has 0 bridgehead atoms. The molecule has 1 heterocycles. The summed E-state index contributed by atoms with van der Waals surface area (Å²) in [5, 5.41) is 0.733. The van der Waals surface area contributed by atoms with Crippen molar-refractivity contribution < 1.29 is 4.79 Å². The number of nitrogens with two attached hydrogens (primary N) is 2.